The molecule has 0 radical (unpaired) electrons. The van der Waals surface area contributed by atoms with Gasteiger partial charge < -0.3 is 5.32 Å². The van der Waals surface area contributed by atoms with Crippen molar-refractivity contribution in [3.8, 4) is 0 Å². The molecule has 0 aromatic rings. The summed E-state index contributed by atoms with van der Waals surface area (Å²) < 4.78 is 44.7. The van der Waals surface area contributed by atoms with E-state index >= 15 is 0 Å². The van der Waals surface area contributed by atoms with E-state index in [4.69, 9.17) is 11.6 Å². The van der Waals surface area contributed by atoms with E-state index < -0.39 is 25.2 Å². The molecule has 0 aliphatic carbocycles. The molecule has 1 aliphatic rings. The highest BCUT2D eigenvalue weighted by Crippen LogP contribution is 2.17. The molecule has 15 heavy (non-hydrogen) atoms. The smallest absolute Gasteiger partial charge is 0.222 e. The van der Waals surface area contributed by atoms with Crippen molar-refractivity contribution in [2.45, 2.75) is 5.50 Å². The van der Waals surface area contributed by atoms with E-state index in [-0.39, 0.29) is 10.1 Å². The second-order valence-corrected chi connectivity index (χ2v) is 7.52. The van der Waals surface area contributed by atoms with Gasteiger partial charge >= 0.3 is 0 Å². The maximum absolute atomic E-state index is 11.2. The van der Waals surface area contributed by atoms with Gasteiger partial charge in [0.2, 0.25) is 5.50 Å². The van der Waals surface area contributed by atoms with Crippen LogP contribution in [0, 0.1) is 0 Å². The Kier molecular flexibility index (Phi) is 3.13. The molecule has 6 nitrogen and oxygen atoms in total. The Labute approximate surface area is 92.9 Å². The minimum atomic E-state index is -3.59. The first-order valence-corrected chi connectivity index (χ1v) is 7.93. The van der Waals surface area contributed by atoms with E-state index in [1.54, 1.807) is 0 Å². The van der Waals surface area contributed by atoms with Gasteiger partial charge in [-0.2, -0.15) is 0 Å². The van der Waals surface area contributed by atoms with Gasteiger partial charge in [0.1, 0.15) is 0 Å². The fraction of sp³-hybridized carbons (Fsp3) is 0.500. The summed E-state index contributed by atoms with van der Waals surface area (Å²) in [5.41, 5.74) is -1.30. The normalized spacial score (nSPS) is 22.7. The molecule has 86 valence electrons. The lowest BCUT2D eigenvalue weighted by molar-refractivity contribution is 0.573. The summed E-state index contributed by atoms with van der Waals surface area (Å²) >= 11 is 5.58. The standard InChI is InChI=1S/C6H9ClN2O4S2/c1-14(10,11)5-4(7)3-8-6(9-5)15(2,12)13/h3,6,9H,1-2H3. The predicted molar refractivity (Wildman–Crippen MR) is 58.0 cm³/mol. The van der Waals surface area contributed by atoms with Crippen LogP contribution in [-0.4, -0.2) is 41.1 Å². The monoisotopic (exact) mass is 272 g/mol. The lowest BCUT2D eigenvalue weighted by Crippen LogP contribution is -2.39. The van der Waals surface area contributed by atoms with E-state index in [1.165, 1.54) is 0 Å². The molecule has 1 rings (SSSR count). The van der Waals surface area contributed by atoms with Crippen LogP contribution < -0.4 is 5.32 Å². The van der Waals surface area contributed by atoms with Crippen molar-refractivity contribution < 1.29 is 16.8 Å². The van der Waals surface area contributed by atoms with Gasteiger partial charge in [0.05, 0.1) is 5.03 Å². The van der Waals surface area contributed by atoms with E-state index in [9.17, 15) is 16.8 Å². The number of sulfone groups is 2. The molecule has 1 atom stereocenters. The summed E-state index contributed by atoms with van der Waals surface area (Å²) in [4.78, 5) is 3.57. The van der Waals surface area contributed by atoms with Crippen LogP contribution >= 0.6 is 11.6 Å². The third-order valence-corrected chi connectivity index (χ3v) is 4.10. The fourth-order valence-electron chi connectivity index (χ4n) is 0.912. The maximum Gasteiger partial charge on any atom is 0.222 e. The topological polar surface area (TPSA) is 92.7 Å². The fourth-order valence-corrected chi connectivity index (χ4v) is 2.86. The summed E-state index contributed by atoms with van der Waals surface area (Å²) in [6.07, 6.45) is 2.89. The van der Waals surface area contributed by atoms with Crippen LogP contribution in [0.5, 0.6) is 0 Å². The van der Waals surface area contributed by atoms with Crippen LogP contribution in [0.2, 0.25) is 0 Å². The summed E-state index contributed by atoms with van der Waals surface area (Å²) in [7, 11) is -7.10. The molecule has 1 aliphatic heterocycles. The molecule has 1 unspecified atom stereocenters. The molecule has 0 amide bonds. The van der Waals surface area contributed by atoms with Crippen molar-refractivity contribution in [1.82, 2.24) is 5.32 Å². The molecule has 0 fully saturated rings. The number of aliphatic imine (C=N–C) groups is 1. The van der Waals surface area contributed by atoms with Crippen molar-refractivity contribution in [2.75, 3.05) is 12.5 Å². The van der Waals surface area contributed by atoms with Crippen LogP contribution in [0.4, 0.5) is 0 Å². The number of halogens is 1. The van der Waals surface area contributed by atoms with Gasteiger partial charge in [-0.3, -0.25) is 4.99 Å². The number of rotatable bonds is 2. The highest BCUT2D eigenvalue weighted by molar-refractivity contribution is 7.94. The highest BCUT2D eigenvalue weighted by Gasteiger charge is 2.28. The molecule has 1 N–H and O–H groups in total. The minimum absolute atomic E-state index is 0.127. The molecule has 0 bridgehead atoms. The van der Waals surface area contributed by atoms with E-state index in [2.05, 4.69) is 10.3 Å². The zero-order valence-electron chi connectivity index (χ0n) is 7.93. The summed E-state index contributed by atoms with van der Waals surface area (Å²) in [6, 6.07) is 0. The van der Waals surface area contributed by atoms with Crippen molar-refractivity contribution >= 4 is 37.5 Å². The van der Waals surface area contributed by atoms with Gasteiger partial charge in [-0.15, -0.1) is 0 Å². The van der Waals surface area contributed by atoms with Crippen molar-refractivity contribution in [1.29, 1.82) is 0 Å². The van der Waals surface area contributed by atoms with Crippen LogP contribution in [-0.2, 0) is 19.7 Å². The lowest BCUT2D eigenvalue weighted by atomic mass is 10.6. The van der Waals surface area contributed by atoms with Gasteiger partial charge in [0.15, 0.2) is 24.7 Å². The zero-order valence-corrected chi connectivity index (χ0v) is 10.3. The van der Waals surface area contributed by atoms with Crippen LogP contribution in [0.3, 0.4) is 0 Å². The maximum atomic E-state index is 11.2. The Morgan fingerprint density at radius 1 is 1.33 bits per heavy atom. The van der Waals surface area contributed by atoms with Gasteiger partial charge in [-0.1, -0.05) is 11.6 Å². The molecular formula is C6H9ClN2O4S2. The Balaban J connectivity index is 3.18. The molecular weight excluding hydrogens is 264 g/mol. The molecule has 0 spiro atoms. The first-order valence-electron chi connectivity index (χ1n) is 3.71. The third-order valence-electron chi connectivity index (χ3n) is 1.57. The quantitative estimate of drug-likeness (QED) is 0.727. The number of nitrogens with one attached hydrogen (secondary N) is 1. The molecule has 0 aromatic carbocycles. The lowest BCUT2D eigenvalue weighted by Gasteiger charge is -2.19. The molecule has 0 saturated heterocycles. The minimum Gasteiger partial charge on any atom is -0.341 e. The van der Waals surface area contributed by atoms with Crippen molar-refractivity contribution in [2.24, 2.45) is 4.99 Å². The molecule has 1 heterocycles. The van der Waals surface area contributed by atoms with Crippen LogP contribution in [0.25, 0.3) is 0 Å². The average molecular weight is 273 g/mol. The van der Waals surface area contributed by atoms with Gasteiger partial charge in [0, 0.05) is 18.7 Å². The first kappa shape index (κ1) is 12.5. The first-order chi connectivity index (χ1) is 6.62. The Morgan fingerprint density at radius 2 is 1.87 bits per heavy atom. The summed E-state index contributed by atoms with van der Waals surface area (Å²) in [5.74, 6) is 0. The Bertz CT molecular complexity index is 531. The number of hydrogen-bond donors (Lipinski definition) is 1. The van der Waals surface area contributed by atoms with E-state index in [0.29, 0.717) is 0 Å². The van der Waals surface area contributed by atoms with Crippen LogP contribution in [0.1, 0.15) is 0 Å². The zero-order chi connectivity index (χ0) is 11.9. The third kappa shape index (κ3) is 2.93. The summed E-state index contributed by atoms with van der Waals surface area (Å²) in [5, 5.41) is 1.81. The van der Waals surface area contributed by atoms with Gasteiger partial charge in [-0.25, -0.2) is 16.8 Å². The van der Waals surface area contributed by atoms with Crippen LogP contribution in [0.15, 0.2) is 15.1 Å². The number of hydrogen-bond acceptors (Lipinski definition) is 6. The molecule has 0 saturated carbocycles. The molecule has 9 heteroatoms. The molecule has 0 aromatic heterocycles. The Morgan fingerprint density at radius 3 is 2.27 bits per heavy atom. The van der Waals surface area contributed by atoms with Gasteiger partial charge in [-0.05, 0) is 0 Å². The SMILES string of the molecule is CS(=O)(=O)C1=C(Cl)C=NC(S(C)(=O)=O)N1. The predicted octanol–water partition coefficient (Wildman–Crippen LogP) is -0.559. The average Bonchev–Trinajstić information content (AvgIpc) is 2.00. The Hall–Kier alpha value is -0.600. The second-order valence-electron chi connectivity index (χ2n) is 3.05. The van der Waals surface area contributed by atoms with Crippen molar-refractivity contribution in [3.05, 3.63) is 10.1 Å². The summed E-state index contributed by atoms with van der Waals surface area (Å²) in [6.45, 7) is 0. The van der Waals surface area contributed by atoms with Gasteiger partial charge in [0.25, 0.3) is 0 Å². The largest absolute Gasteiger partial charge is 0.341 e. The highest BCUT2D eigenvalue weighted by atomic mass is 35.5. The second kappa shape index (κ2) is 3.76. The van der Waals surface area contributed by atoms with E-state index in [0.717, 1.165) is 18.7 Å². The number of nitrogens with zero attached hydrogens (tertiary/aromatic N) is 1. The van der Waals surface area contributed by atoms with Crippen molar-refractivity contribution in [3.63, 3.8) is 0 Å². The van der Waals surface area contributed by atoms with E-state index in [1.807, 2.05) is 0 Å². The number of allylic oxidation sites excluding steroid dienone is 1.